The van der Waals surface area contributed by atoms with Crippen LogP contribution in [-0.2, 0) is 4.79 Å². The highest BCUT2D eigenvalue weighted by Gasteiger charge is 2.10. The van der Waals surface area contributed by atoms with Crippen molar-refractivity contribution in [2.24, 2.45) is 5.92 Å². The Labute approximate surface area is 111 Å². The summed E-state index contributed by atoms with van der Waals surface area (Å²) in [6.07, 6.45) is 1.71. The van der Waals surface area contributed by atoms with Gasteiger partial charge in [0.1, 0.15) is 5.82 Å². The van der Waals surface area contributed by atoms with Gasteiger partial charge in [-0.2, -0.15) is 0 Å². The van der Waals surface area contributed by atoms with Gasteiger partial charge in [-0.25, -0.2) is 4.98 Å². The van der Waals surface area contributed by atoms with Gasteiger partial charge in [-0.1, -0.05) is 13.8 Å². The number of nitrogens with one attached hydrogen (secondary N) is 1. The lowest BCUT2D eigenvalue weighted by atomic mass is 10.2. The van der Waals surface area contributed by atoms with Crippen LogP contribution in [0, 0.1) is 5.92 Å². The van der Waals surface area contributed by atoms with E-state index in [-0.39, 0.29) is 5.91 Å². The summed E-state index contributed by atoms with van der Waals surface area (Å²) in [5, 5.41) is 2.88. The van der Waals surface area contributed by atoms with Crippen LogP contribution in [0.5, 0.6) is 0 Å². The highest BCUT2D eigenvalue weighted by molar-refractivity contribution is 9.10. The van der Waals surface area contributed by atoms with E-state index in [2.05, 4.69) is 40.1 Å². The number of halogens is 1. The fourth-order valence-corrected chi connectivity index (χ4v) is 1.88. The molecule has 0 aliphatic carbocycles. The lowest BCUT2D eigenvalue weighted by Gasteiger charge is -2.19. The number of aromatic nitrogens is 1. The minimum atomic E-state index is 0.0127. The maximum absolute atomic E-state index is 11.6. The fraction of sp³-hybridized carbons (Fsp3) is 0.500. The number of carbonyl (C=O) groups excluding carboxylic acids is 1. The molecule has 1 N–H and O–H groups in total. The van der Waals surface area contributed by atoms with Crippen molar-refractivity contribution in [2.45, 2.75) is 13.8 Å². The summed E-state index contributed by atoms with van der Waals surface area (Å²) in [6, 6.07) is 3.76. The van der Waals surface area contributed by atoms with E-state index in [1.165, 1.54) is 0 Å². The average molecular weight is 300 g/mol. The van der Waals surface area contributed by atoms with Gasteiger partial charge in [0.2, 0.25) is 5.91 Å². The van der Waals surface area contributed by atoms with Gasteiger partial charge in [0.05, 0.1) is 11.0 Å². The molecule has 0 spiro atoms. The minimum absolute atomic E-state index is 0.0127. The van der Waals surface area contributed by atoms with Crippen LogP contribution in [0.15, 0.2) is 22.8 Å². The molecule has 0 aliphatic heterocycles. The van der Waals surface area contributed by atoms with Crippen LogP contribution in [0.4, 0.5) is 5.82 Å². The van der Waals surface area contributed by atoms with E-state index in [0.717, 1.165) is 10.3 Å². The smallest absolute Gasteiger partial charge is 0.239 e. The largest absolute Gasteiger partial charge is 0.354 e. The molecule has 1 heterocycles. The standard InChI is InChI=1S/C12H18BrN3O/c1-9(2)7-15-11(17)8-16(3)12-10(13)5-4-6-14-12/h4-6,9H,7-8H2,1-3H3,(H,15,17). The van der Waals surface area contributed by atoms with E-state index < -0.39 is 0 Å². The molecule has 1 aromatic heterocycles. The van der Waals surface area contributed by atoms with Gasteiger partial charge < -0.3 is 10.2 Å². The number of amides is 1. The molecule has 0 radical (unpaired) electrons. The molecular weight excluding hydrogens is 282 g/mol. The maximum atomic E-state index is 11.6. The molecule has 1 aromatic rings. The highest BCUT2D eigenvalue weighted by Crippen LogP contribution is 2.21. The van der Waals surface area contributed by atoms with Crippen molar-refractivity contribution in [1.29, 1.82) is 0 Å². The number of carbonyl (C=O) groups is 1. The Balaban J connectivity index is 2.52. The number of likely N-dealkylation sites (N-methyl/N-ethyl adjacent to an activating group) is 1. The molecule has 0 atom stereocenters. The fourth-order valence-electron chi connectivity index (χ4n) is 1.32. The third-order valence-electron chi connectivity index (χ3n) is 2.19. The van der Waals surface area contributed by atoms with E-state index in [0.29, 0.717) is 19.0 Å². The van der Waals surface area contributed by atoms with Crippen molar-refractivity contribution < 1.29 is 4.79 Å². The zero-order valence-electron chi connectivity index (χ0n) is 10.4. The number of pyridine rings is 1. The molecule has 1 amide bonds. The van der Waals surface area contributed by atoms with Gasteiger partial charge in [-0.15, -0.1) is 0 Å². The van der Waals surface area contributed by atoms with Crippen LogP contribution in [0.1, 0.15) is 13.8 Å². The highest BCUT2D eigenvalue weighted by atomic mass is 79.9. The first-order chi connectivity index (χ1) is 8.00. The monoisotopic (exact) mass is 299 g/mol. The third kappa shape index (κ3) is 4.73. The number of anilines is 1. The summed E-state index contributed by atoms with van der Waals surface area (Å²) in [7, 11) is 1.85. The zero-order valence-corrected chi connectivity index (χ0v) is 12.0. The molecule has 0 fully saturated rings. The van der Waals surface area contributed by atoms with E-state index >= 15 is 0 Å². The molecule has 0 bridgehead atoms. The molecule has 0 aromatic carbocycles. The van der Waals surface area contributed by atoms with Crippen LogP contribution in [0.25, 0.3) is 0 Å². The van der Waals surface area contributed by atoms with Gasteiger partial charge in [-0.05, 0) is 34.0 Å². The van der Waals surface area contributed by atoms with E-state index in [9.17, 15) is 4.79 Å². The first-order valence-corrected chi connectivity index (χ1v) is 6.38. The van der Waals surface area contributed by atoms with Crippen molar-refractivity contribution >= 4 is 27.7 Å². The van der Waals surface area contributed by atoms with E-state index in [1.54, 1.807) is 6.20 Å². The Morgan fingerprint density at radius 3 is 2.88 bits per heavy atom. The van der Waals surface area contributed by atoms with Gasteiger partial charge in [0, 0.05) is 19.8 Å². The first-order valence-electron chi connectivity index (χ1n) is 5.59. The molecular formula is C12H18BrN3O. The molecule has 4 nitrogen and oxygen atoms in total. The van der Waals surface area contributed by atoms with E-state index in [4.69, 9.17) is 0 Å². The molecule has 0 saturated heterocycles. The van der Waals surface area contributed by atoms with Gasteiger partial charge in [0.15, 0.2) is 0 Å². The molecule has 1 rings (SSSR count). The van der Waals surface area contributed by atoms with E-state index in [1.807, 2.05) is 24.1 Å². The van der Waals surface area contributed by atoms with Gasteiger partial charge in [0.25, 0.3) is 0 Å². The second-order valence-corrected chi connectivity index (χ2v) is 5.22. The number of hydrogen-bond donors (Lipinski definition) is 1. The Kier molecular flexibility index (Phi) is 5.41. The molecule has 94 valence electrons. The third-order valence-corrected chi connectivity index (χ3v) is 2.81. The summed E-state index contributed by atoms with van der Waals surface area (Å²) in [5.41, 5.74) is 0. The topological polar surface area (TPSA) is 45.2 Å². The van der Waals surface area contributed by atoms with Crippen molar-refractivity contribution in [3.05, 3.63) is 22.8 Å². The van der Waals surface area contributed by atoms with Crippen LogP contribution >= 0.6 is 15.9 Å². The predicted molar refractivity (Wildman–Crippen MR) is 73.1 cm³/mol. The SMILES string of the molecule is CC(C)CNC(=O)CN(C)c1ncccc1Br. The maximum Gasteiger partial charge on any atom is 0.239 e. The average Bonchev–Trinajstić information content (AvgIpc) is 2.26. The number of nitrogens with zero attached hydrogens (tertiary/aromatic N) is 2. The van der Waals surface area contributed by atoms with Crippen molar-refractivity contribution in [3.8, 4) is 0 Å². The molecule has 0 unspecified atom stereocenters. The Hall–Kier alpha value is -1.10. The van der Waals surface area contributed by atoms with Crippen molar-refractivity contribution in [2.75, 3.05) is 25.0 Å². The quantitative estimate of drug-likeness (QED) is 0.905. The molecule has 5 heteroatoms. The first kappa shape index (κ1) is 14.0. The van der Waals surface area contributed by atoms with Crippen LogP contribution < -0.4 is 10.2 Å². The lowest BCUT2D eigenvalue weighted by molar-refractivity contribution is -0.119. The van der Waals surface area contributed by atoms with Crippen LogP contribution in [-0.4, -0.2) is 31.0 Å². The summed E-state index contributed by atoms with van der Waals surface area (Å²) in [4.78, 5) is 17.7. The van der Waals surface area contributed by atoms with Crippen molar-refractivity contribution in [3.63, 3.8) is 0 Å². The summed E-state index contributed by atoms with van der Waals surface area (Å²) in [5.74, 6) is 1.25. The van der Waals surface area contributed by atoms with Crippen LogP contribution in [0.2, 0.25) is 0 Å². The number of rotatable bonds is 5. The molecule has 17 heavy (non-hydrogen) atoms. The lowest BCUT2D eigenvalue weighted by Crippen LogP contribution is -2.37. The Bertz CT molecular complexity index is 382. The Morgan fingerprint density at radius 2 is 2.29 bits per heavy atom. The number of hydrogen-bond acceptors (Lipinski definition) is 3. The predicted octanol–water partition coefficient (Wildman–Crippen LogP) is 2.05. The molecule has 0 saturated carbocycles. The summed E-state index contributed by atoms with van der Waals surface area (Å²) < 4.78 is 0.888. The second kappa shape index (κ2) is 6.59. The minimum Gasteiger partial charge on any atom is -0.354 e. The zero-order chi connectivity index (χ0) is 12.8. The van der Waals surface area contributed by atoms with Gasteiger partial charge in [-0.3, -0.25) is 4.79 Å². The summed E-state index contributed by atoms with van der Waals surface area (Å²) in [6.45, 7) is 5.15. The van der Waals surface area contributed by atoms with Gasteiger partial charge >= 0.3 is 0 Å². The van der Waals surface area contributed by atoms with Crippen molar-refractivity contribution in [1.82, 2.24) is 10.3 Å². The Morgan fingerprint density at radius 1 is 1.59 bits per heavy atom. The van der Waals surface area contributed by atoms with Crippen LogP contribution in [0.3, 0.4) is 0 Å². The normalized spacial score (nSPS) is 10.4. The summed E-state index contributed by atoms with van der Waals surface area (Å²) >= 11 is 3.41. The molecule has 0 aliphatic rings. The second-order valence-electron chi connectivity index (χ2n) is 4.36.